The molecule has 1 aromatic heterocycles. The molecule has 5 nitrogen and oxygen atoms in total. The number of nitrogens with one attached hydrogen (secondary N) is 2. The molecule has 0 saturated heterocycles. The third-order valence-electron chi connectivity index (χ3n) is 3.01. The number of nitrogens with zero attached hydrogens (tertiary/aromatic N) is 1. The predicted molar refractivity (Wildman–Crippen MR) is 79.2 cm³/mol. The number of hydrogen-bond donors (Lipinski definition) is 3. The van der Waals surface area contributed by atoms with Crippen LogP contribution < -0.4 is 16.4 Å². The van der Waals surface area contributed by atoms with Gasteiger partial charge in [-0.15, -0.1) is 0 Å². The lowest BCUT2D eigenvalue weighted by Crippen LogP contribution is -2.28. The molecule has 2 aromatic rings. The van der Waals surface area contributed by atoms with Crippen molar-refractivity contribution in [2.45, 2.75) is 20.0 Å². The van der Waals surface area contributed by atoms with Gasteiger partial charge >= 0.3 is 6.03 Å². The molecular formula is C15H18N4O. The van der Waals surface area contributed by atoms with Crippen LogP contribution in [0, 0.1) is 6.92 Å². The van der Waals surface area contributed by atoms with Crippen molar-refractivity contribution in [2.24, 2.45) is 5.73 Å². The van der Waals surface area contributed by atoms with Crippen LogP contribution >= 0.6 is 0 Å². The van der Waals surface area contributed by atoms with E-state index < -0.39 is 0 Å². The van der Waals surface area contributed by atoms with Gasteiger partial charge in [-0.05, 0) is 41.8 Å². The molecule has 20 heavy (non-hydrogen) atoms. The Morgan fingerprint density at radius 3 is 2.95 bits per heavy atom. The van der Waals surface area contributed by atoms with Gasteiger partial charge in [0.25, 0.3) is 0 Å². The lowest BCUT2D eigenvalue weighted by atomic mass is 10.2. The highest BCUT2D eigenvalue weighted by Gasteiger charge is 2.03. The fraction of sp³-hybridized carbons (Fsp3) is 0.200. The van der Waals surface area contributed by atoms with Crippen molar-refractivity contribution in [3.05, 3.63) is 59.4 Å². The van der Waals surface area contributed by atoms with Crippen LogP contribution in [0.25, 0.3) is 0 Å². The molecule has 0 saturated carbocycles. The highest BCUT2D eigenvalue weighted by atomic mass is 16.2. The SMILES string of the molecule is Cc1ccncc1CNC(=O)Nc1cccc(CN)c1. The molecule has 0 spiro atoms. The maximum Gasteiger partial charge on any atom is 0.319 e. The summed E-state index contributed by atoms with van der Waals surface area (Å²) < 4.78 is 0. The molecule has 0 atom stereocenters. The number of urea groups is 1. The molecule has 0 bridgehead atoms. The summed E-state index contributed by atoms with van der Waals surface area (Å²) in [4.78, 5) is 15.9. The summed E-state index contributed by atoms with van der Waals surface area (Å²) in [5.74, 6) is 0. The van der Waals surface area contributed by atoms with Crippen LogP contribution in [0.1, 0.15) is 16.7 Å². The zero-order valence-corrected chi connectivity index (χ0v) is 11.4. The Bertz CT molecular complexity index is 598. The Morgan fingerprint density at radius 1 is 1.35 bits per heavy atom. The lowest BCUT2D eigenvalue weighted by Gasteiger charge is -2.09. The maximum absolute atomic E-state index is 11.8. The lowest BCUT2D eigenvalue weighted by molar-refractivity contribution is 0.251. The van der Waals surface area contributed by atoms with E-state index >= 15 is 0 Å². The average molecular weight is 270 g/mol. The third-order valence-corrected chi connectivity index (χ3v) is 3.01. The van der Waals surface area contributed by atoms with Crippen molar-refractivity contribution in [1.82, 2.24) is 10.3 Å². The number of benzene rings is 1. The number of aromatic nitrogens is 1. The first kappa shape index (κ1) is 14.0. The van der Waals surface area contributed by atoms with E-state index in [1.54, 1.807) is 12.4 Å². The van der Waals surface area contributed by atoms with Gasteiger partial charge in [-0.2, -0.15) is 0 Å². The Labute approximate surface area is 118 Å². The number of carbonyl (C=O) groups is 1. The van der Waals surface area contributed by atoms with E-state index in [2.05, 4.69) is 15.6 Å². The fourth-order valence-electron chi connectivity index (χ4n) is 1.81. The van der Waals surface area contributed by atoms with Crippen LogP contribution in [0.3, 0.4) is 0 Å². The van der Waals surface area contributed by atoms with Crippen molar-refractivity contribution >= 4 is 11.7 Å². The van der Waals surface area contributed by atoms with E-state index in [9.17, 15) is 4.79 Å². The van der Waals surface area contributed by atoms with Gasteiger partial charge in [-0.1, -0.05) is 12.1 Å². The predicted octanol–water partition coefficient (Wildman–Crippen LogP) is 2.17. The van der Waals surface area contributed by atoms with E-state index in [4.69, 9.17) is 5.73 Å². The second kappa shape index (κ2) is 6.68. The summed E-state index contributed by atoms with van der Waals surface area (Å²) in [5, 5.41) is 5.58. The number of amides is 2. The summed E-state index contributed by atoms with van der Waals surface area (Å²) in [6.45, 7) is 2.88. The quantitative estimate of drug-likeness (QED) is 0.796. The van der Waals surface area contributed by atoms with E-state index in [1.165, 1.54) is 0 Å². The molecule has 1 heterocycles. The fourth-order valence-corrected chi connectivity index (χ4v) is 1.81. The number of pyridine rings is 1. The van der Waals surface area contributed by atoms with Crippen LogP contribution in [0.15, 0.2) is 42.7 Å². The number of carbonyl (C=O) groups excluding carboxylic acids is 1. The van der Waals surface area contributed by atoms with E-state index in [1.807, 2.05) is 37.3 Å². The zero-order valence-electron chi connectivity index (χ0n) is 11.4. The molecule has 0 radical (unpaired) electrons. The minimum Gasteiger partial charge on any atom is -0.334 e. The van der Waals surface area contributed by atoms with E-state index in [0.29, 0.717) is 13.1 Å². The highest BCUT2D eigenvalue weighted by Crippen LogP contribution is 2.10. The number of rotatable bonds is 4. The van der Waals surface area contributed by atoms with Crippen molar-refractivity contribution < 1.29 is 4.79 Å². The molecule has 2 rings (SSSR count). The summed E-state index contributed by atoms with van der Waals surface area (Å²) in [6, 6.07) is 9.13. The molecule has 4 N–H and O–H groups in total. The van der Waals surface area contributed by atoms with Crippen molar-refractivity contribution in [3.8, 4) is 0 Å². The molecule has 104 valence electrons. The first-order chi connectivity index (χ1) is 9.69. The second-order valence-corrected chi connectivity index (χ2v) is 4.51. The van der Waals surface area contributed by atoms with Gasteiger partial charge in [0, 0.05) is 31.2 Å². The summed E-state index contributed by atoms with van der Waals surface area (Å²) >= 11 is 0. The normalized spacial score (nSPS) is 10.1. The molecule has 0 aliphatic heterocycles. The van der Waals surface area contributed by atoms with Crippen molar-refractivity contribution in [3.63, 3.8) is 0 Å². The molecule has 5 heteroatoms. The Morgan fingerprint density at radius 2 is 2.20 bits per heavy atom. The first-order valence-electron chi connectivity index (χ1n) is 6.42. The number of hydrogen-bond acceptors (Lipinski definition) is 3. The third kappa shape index (κ3) is 3.80. The Kier molecular flexibility index (Phi) is 4.68. The van der Waals surface area contributed by atoms with Gasteiger partial charge in [-0.3, -0.25) is 4.98 Å². The molecule has 2 amide bonds. The van der Waals surface area contributed by atoms with Gasteiger partial charge in [0.15, 0.2) is 0 Å². The standard InChI is InChI=1S/C15H18N4O/c1-11-5-6-17-9-13(11)10-18-15(20)19-14-4-2-3-12(7-14)8-16/h2-7,9H,8,10,16H2,1H3,(H2,18,19,20). The van der Waals surface area contributed by atoms with Crippen molar-refractivity contribution in [1.29, 1.82) is 0 Å². The van der Waals surface area contributed by atoms with Gasteiger partial charge in [-0.25, -0.2) is 4.79 Å². The number of aryl methyl sites for hydroxylation is 1. The summed E-state index contributed by atoms with van der Waals surface area (Å²) in [6.07, 6.45) is 3.49. The van der Waals surface area contributed by atoms with Crippen molar-refractivity contribution in [2.75, 3.05) is 5.32 Å². The van der Waals surface area contributed by atoms with Crippen LogP contribution in [0.5, 0.6) is 0 Å². The average Bonchev–Trinajstić information content (AvgIpc) is 2.46. The molecule has 1 aromatic carbocycles. The number of anilines is 1. The molecular weight excluding hydrogens is 252 g/mol. The monoisotopic (exact) mass is 270 g/mol. The zero-order chi connectivity index (χ0) is 14.4. The van der Waals surface area contributed by atoms with E-state index in [-0.39, 0.29) is 6.03 Å². The summed E-state index contributed by atoms with van der Waals surface area (Å²) in [7, 11) is 0. The van der Waals surface area contributed by atoms with Crippen LogP contribution in [0.4, 0.5) is 10.5 Å². The van der Waals surface area contributed by atoms with Crippen LogP contribution in [0.2, 0.25) is 0 Å². The largest absolute Gasteiger partial charge is 0.334 e. The van der Waals surface area contributed by atoms with E-state index in [0.717, 1.165) is 22.4 Å². The molecule has 0 aliphatic rings. The highest BCUT2D eigenvalue weighted by molar-refractivity contribution is 5.89. The van der Waals surface area contributed by atoms with Crippen LogP contribution in [-0.2, 0) is 13.1 Å². The van der Waals surface area contributed by atoms with Gasteiger partial charge < -0.3 is 16.4 Å². The Balaban J connectivity index is 1.91. The Hall–Kier alpha value is -2.40. The molecule has 0 aliphatic carbocycles. The first-order valence-corrected chi connectivity index (χ1v) is 6.42. The molecule has 0 unspecified atom stereocenters. The smallest absolute Gasteiger partial charge is 0.319 e. The number of nitrogens with two attached hydrogens (primary N) is 1. The minimum absolute atomic E-state index is 0.248. The molecule has 0 fully saturated rings. The minimum atomic E-state index is -0.248. The second-order valence-electron chi connectivity index (χ2n) is 4.51. The van der Waals surface area contributed by atoms with Gasteiger partial charge in [0.1, 0.15) is 0 Å². The van der Waals surface area contributed by atoms with Crippen LogP contribution in [-0.4, -0.2) is 11.0 Å². The maximum atomic E-state index is 11.8. The van der Waals surface area contributed by atoms with Gasteiger partial charge in [0.2, 0.25) is 0 Å². The summed E-state index contributed by atoms with van der Waals surface area (Å²) in [5.41, 5.74) is 9.37. The topological polar surface area (TPSA) is 80.0 Å². The van der Waals surface area contributed by atoms with Gasteiger partial charge in [0.05, 0.1) is 0 Å².